The number of pyridine rings is 1. The molecule has 1 saturated carbocycles. The van der Waals surface area contributed by atoms with Gasteiger partial charge in [0.25, 0.3) is 0 Å². The van der Waals surface area contributed by atoms with Crippen molar-refractivity contribution in [2.24, 2.45) is 0 Å². The summed E-state index contributed by atoms with van der Waals surface area (Å²) in [7, 11) is 0. The third kappa shape index (κ3) is 2.92. The number of aromatic nitrogens is 3. The highest BCUT2D eigenvalue weighted by Crippen LogP contribution is 2.47. The number of fused-ring (bicyclic) bond motifs is 3. The second kappa shape index (κ2) is 6.98. The van der Waals surface area contributed by atoms with E-state index >= 15 is 0 Å². The van der Waals surface area contributed by atoms with Gasteiger partial charge in [0.1, 0.15) is 5.69 Å². The molecule has 0 spiro atoms. The van der Waals surface area contributed by atoms with E-state index in [0.29, 0.717) is 17.4 Å². The maximum Gasteiger partial charge on any atom is 0.223 e. The van der Waals surface area contributed by atoms with E-state index in [1.54, 1.807) is 0 Å². The van der Waals surface area contributed by atoms with Gasteiger partial charge in [0.2, 0.25) is 5.43 Å². The minimum Gasteiger partial charge on any atom is -0.503 e. The second-order valence-electron chi connectivity index (χ2n) is 8.54. The summed E-state index contributed by atoms with van der Waals surface area (Å²) in [4.78, 5) is 17.0. The molecule has 2 aromatic carbocycles. The van der Waals surface area contributed by atoms with Crippen molar-refractivity contribution in [3.05, 3.63) is 106 Å². The lowest BCUT2D eigenvalue weighted by molar-refractivity contribution is 0.359. The van der Waals surface area contributed by atoms with E-state index in [-0.39, 0.29) is 23.1 Å². The van der Waals surface area contributed by atoms with E-state index in [9.17, 15) is 9.90 Å². The maximum atomic E-state index is 12.4. The van der Waals surface area contributed by atoms with Crippen LogP contribution < -0.4 is 5.43 Å². The third-order valence-electron chi connectivity index (χ3n) is 6.63. The van der Waals surface area contributed by atoms with Crippen molar-refractivity contribution in [1.82, 2.24) is 14.1 Å². The standard InChI is InChI=1S/C26H23N3O2/c30-22-13-14-28-21(23(18-7-3-1-4-8-18)19-9-5-2-6-10-19)16-29-20(17-11-12-17)15-27-26(29)24(28)25(22)31/h1-10,13-15,17,21,23,31H,11-12,16H2/t21-/m1/s1. The quantitative estimate of drug-likeness (QED) is 0.532. The van der Waals surface area contributed by atoms with Gasteiger partial charge in [0.05, 0.1) is 6.04 Å². The molecule has 2 aliphatic rings. The summed E-state index contributed by atoms with van der Waals surface area (Å²) in [6, 6.07) is 22.4. The van der Waals surface area contributed by atoms with E-state index in [1.165, 1.54) is 35.7 Å². The Bertz CT molecular complexity index is 1260. The van der Waals surface area contributed by atoms with E-state index in [2.05, 4.69) is 62.6 Å². The Morgan fingerprint density at radius 1 is 0.935 bits per heavy atom. The molecule has 1 aliphatic heterocycles. The molecule has 5 nitrogen and oxygen atoms in total. The molecule has 1 N–H and O–H groups in total. The number of rotatable bonds is 4. The molecular formula is C26H23N3O2. The van der Waals surface area contributed by atoms with Gasteiger partial charge in [-0.05, 0) is 24.0 Å². The van der Waals surface area contributed by atoms with Gasteiger partial charge in [-0.25, -0.2) is 4.98 Å². The van der Waals surface area contributed by atoms with Gasteiger partial charge in [-0.1, -0.05) is 60.7 Å². The van der Waals surface area contributed by atoms with Crippen LogP contribution in [0.2, 0.25) is 0 Å². The summed E-state index contributed by atoms with van der Waals surface area (Å²) < 4.78 is 4.29. The Morgan fingerprint density at radius 2 is 1.58 bits per heavy atom. The van der Waals surface area contributed by atoms with Crippen molar-refractivity contribution in [2.75, 3.05) is 0 Å². The van der Waals surface area contributed by atoms with Crippen LogP contribution in [-0.2, 0) is 6.54 Å². The lowest BCUT2D eigenvalue weighted by atomic mass is 9.83. The Balaban J connectivity index is 1.60. The van der Waals surface area contributed by atoms with Gasteiger partial charge in [0, 0.05) is 42.5 Å². The fourth-order valence-corrected chi connectivity index (χ4v) is 5.01. The molecule has 0 bridgehead atoms. The van der Waals surface area contributed by atoms with Crippen LogP contribution in [0, 0.1) is 0 Å². The van der Waals surface area contributed by atoms with Crippen LogP contribution in [0.1, 0.15) is 47.5 Å². The maximum absolute atomic E-state index is 12.4. The topological polar surface area (TPSA) is 60.1 Å². The number of imidazole rings is 1. The molecule has 1 fully saturated rings. The van der Waals surface area contributed by atoms with Crippen molar-refractivity contribution in [2.45, 2.75) is 37.3 Å². The van der Waals surface area contributed by atoms with Gasteiger partial charge < -0.3 is 14.2 Å². The summed E-state index contributed by atoms with van der Waals surface area (Å²) in [6.45, 7) is 0.741. The monoisotopic (exact) mass is 409 g/mol. The fourth-order valence-electron chi connectivity index (χ4n) is 5.01. The van der Waals surface area contributed by atoms with Crippen LogP contribution in [-0.4, -0.2) is 19.2 Å². The van der Waals surface area contributed by atoms with Crippen LogP contribution in [0.5, 0.6) is 5.75 Å². The predicted octanol–water partition coefficient (Wildman–Crippen LogP) is 4.68. The number of aromatic hydroxyl groups is 1. The molecule has 0 saturated heterocycles. The fraction of sp³-hybridized carbons (Fsp3) is 0.231. The highest BCUT2D eigenvalue weighted by molar-refractivity contribution is 5.62. The zero-order valence-corrected chi connectivity index (χ0v) is 17.1. The van der Waals surface area contributed by atoms with Crippen LogP contribution in [0.3, 0.4) is 0 Å². The lowest BCUT2D eigenvalue weighted by Crippen LogP contribution is -2.31. The minimum atomic E-state index is -0.370. The lowest BCUT2D eigenvalue weighted by Gasteiger charge is -2.36. The van der Waals surface area contributed by atoms with Gasteiger partial charge in [-0.2, -0.15) is 0 Å². The Hall–Kier alpha value is -3.60. The number of hydrogen-bond donors (Lipinski definition) is 1. The second-order valence-corrected chi connectivity index (χ2v) is 8.54. The number of benzene rings is 2. The first-order valence-corrected chi connectivity index (χ1v) is 10.8. The molecule has 6 rings (SSSR count). The SMILES string of the molecule is O=c1ccn2c(c1O)-c1ncc(C3CC3)n1C[C@@H]2C(c1ccccc1)c1ccccc1. The average Bonchev–Trinajstić information content (AvgIpc) is 3.57. The van der Waals surface area contributed by atoms with Crippen molar-refractivity contribution in [3.63, 3.8) is 0 Å². The largest absolute Gasteiger partial charge is 0.503 e. The molecule has 2 aromatic heterocycles. The van der Waals surface area contributed by atoms with E-state index in [0.717, 1.165) is 6.54 Å². The molecule has 0 unspecified atom stereocenters. The van der Waals surface area contributed by atoms with Crippen LogP contribution in [0.15, 0.2) is 83.9 Å². The van der Waals surface area contributed by atoms with Crippen molar-refractivity contribution in [3.8, 4) is 17.3 Å². The summed E-state index contributed by atoms with van der Waals surface area (Å²) in [6.07, 6.45) is 6.08. The van der Waals surface area contributed by atoms with E-state index in [1.807, 2.05) is 24.5 Å². The normalized spacial score (nSPS) is 17.4. The zero-order chi connectivity index (χ0) is 20.9. The smallest absolute Gasteiger partial charge is 0.223 e. The highest BCUT2D eigenvalue weighted by atomic mass is 16.3. The Morgan fingerprint density at radius 3 is 2.19 bits per heavy atom. The Kier molecular flexibility index (Phi) is 4.10. The molecular weight excluding hydrogens is 386 g/mol. The molecule has 0 amide bonds. The molecule has 4 aromatic rings. The number of hydrogen-bond acceptors (Lipinski definition) is 3. The van der Waals surface area contributed by atoms with Gasteiger partial charge in [-0.15, -0.1) is 0 Å². The number of nitrogens with zero attached hydrogens (tertiary/aromatic N) is 3. The zero-order valence-electron chi connectivity index (χ0n) is 17.1. The third-order valence-corrected chi connectivity index (χ3v) is 6.63. The first-order chi connectivity index (χ1) is 15.2. The van der Waals surface area contributed by atoms with Crippen LogP contribution in [0.25, 0.3) is 11.5 Å². The van der Waals surface area contributed by atoms with E-state index < -0.39 is 0 Å². The summed E-state index contributed by atoms with van der Waals surface area (Å²) in [5.74, 6) is 1.05. The average molecular weight is 409 g/mol. The molecule has 3 heterocycles. The van der Waals surface area contributed by atoms with Crippen molar-refractivity contribution >= 4 is 0 Å². The predicted molar refractivity (Wildman–Crippen MR) is 119 cm³/mol. The molecule has 5 heteroatoms. The van der Waals surface area contributed by atoms with Crippen molar-refractivity contribution in [1.29, 1.82) is 0 Å². The van der Waals surface area contributed by atoms with Crippen LogP contribution >= 0.6 is 0 Å². The highest BCUT2D eigenvalue weighted by Gasteiger charge is 2.38. The molecule has 31 heavy (non-hydrogen) atoms. The molecule has 0 radical (unpaired) electrons. The van der Waals surface area contributed by atoms with Gasteiger partial charge in [0.15, 0.2) is 11.6 Å². The van der Waals surface area contributed by atoms with Crippen molar-refractivity contribution < 1.29 is 5.11 Å². The molecule has 154 valence electrons. The summed E-state index contributed by atoms with van der Waals surface area (Å²) in [5.41, 5.74) is 3.78. The first-order valence-electron chi connectivity index (χ1n) is 10.8. The molecule has 1 aliphatic carbocycles. The summed E-state index contributed by atoms with van der Waals surface area (Å²) in [5, 5.41) is 10.8. The Labute approximate surface area is 180 Å². The van der Waals surface area contributed by atoms with Crippen LogP contribution in [0.4, 0.5) is 0 Å². The van der Waals surface area contributed by atoms with Gasteiger partial charge >= 0.3 is 0 Å². The molecule has 1 atom stereocenters. The first kappa shape index (κ1) is 18.2. The van der Waals surface area contributed by atoms with E-state index in [4.69, 9.17) is 0 Å². The van der Waals surface area contributed by atoms with Gasteiger partial charge in [-0.3, -0.25) is 4.79 Å². The minimum absolute atomic E-state index is 0.00880. The summed E-state index contributed by atoms with van der Waals surface area (Å²) >= 11 is 0.